The number of aliphatic hydroxyl groups is 1. The van der Waals surface area contributed by atoms with Crippen LogP contribution >= 0.6 is 0 Å². The Balaban J connectivity index is 2.03. The summed E-state index contributed by atoms with van der Waals surface area (Å²) in [5, 5.41) is 9.92. The summed E-state index contributed by atoms with van der Waals surface area (Å²) in [6.07, 6.45) is 7.05. The fraction of sp³-hybridized carbons (Fsp3) is 0.929. The second-order valence-electron chi connectivity index (χ2n) is 6.42. The molecule has 1 saturated heterocycles. The number of likely N-dealkylation sites (tertiary alicyclic amines) is 1. The van der Waals surface area contributed by atoms with Gasteiger partial charge in [-0.3, -0.25) is 4.79 Å². The van der Waals surface area contributed by atoms with Gasteiger partial charge in [-0.05, 0) is 25.2 Å². The van der Waals surface area contributed by atoms with Crippen molar-refractivity contribution in [3.8, 4) is 0 Å². The van der Waals surface area contributed by atoms with Gasteiger partial charge in [0.15, 0.2) is 0 Å². The van der Waals surface area contributed by atoms with E-state index in [-0.39, 0.29) is 18.5 Å². The van der Waals surface area contributed by atoms with Gasteiger partial charge in [0.25, 0.3) is 0 Å². The molecule has 7 heteroatoms. The molecule has 2 fully saturated rings. The van der Waals surface area contributed by atoms with E-state index in [0.717, 1.165) is 23.4 Å². The van der Waals surface area contributed by atoms with E-state index >= 15 is 0 Å². The number of rotatable bonds is 4. The molecule has 2 unspecified atom stereocenters. The lowest BCUT2D eigenvalue weighted by Crippen LogP contribution is -2.46. The Morgan fingerprint density at radius 2 is 1.90 bits per heavy atom. The molecule has 21 heavy (non-hydrogen) atoms. The number of nitrogens with zero attached hydrogens (tertiary/aromatic N) is 2. The first-order valence-corrected chi connectivity index (χ1v) is 9.52. The summed E-state index contributed by atoms with van der Waals surface area (Å²) >= 11 is 0. The summed E-state index contributed by atoms with van der Waals surface area (Å²) in [6, 6.07) is 0.0701. The summed E-state index contributed by atoms with van der Waals surface area (Å²) in [5.74, 6) is 0.249. The largest absolute Gasteiger partial charge is 0.391 e. The minimum Gasteiger partial charge on any atom is -0.391 e. The van der Waals surface area contributed by atoms with Crippen LogP contribution in [0, 0.1) is 5.92 Å². The van der Waals surface area contributed by atoms with E-state index in [9.17, 15) is 18.3 Å². The van der Waals surface area contributed by atoms with Gasteiger partial charge in [0.05, 0.1) is 18.9 Å². The van der Waals surface area contributed by atoms with Crippen LogP contribution in [-0.2, 0) is 14.8 Å². The van der Waals surface area contributed by atoms with Crippen LogP contribution in [0.5, 0.6) is 0 Å². The van der Waals surface area contributed by atoms with Crippen LogP contribution in [0.25, 0.3) is 0 Å². The average molecular weight is 318 g/mol. The van der Waals surface area contributed by atoms with Crippen LogP contribution in [0.15, 0.2) is 0 Å². The Morgan fingerprint density at radius 3 is 2.48 bits per heavy atom. The Morgan fingerprint density at radius 1 is 1.29 bits per heavy atom. The van der Waals surface area contributed by atoms with Crippen LogP contribution in [0.4, 0.5) is 0 Å². The highest BCUT2D eigenvalue weighted by Gasteiger charge is 2.39. The number of likely N-dealkylation sites (N-methyl/N-ethyl adjacent to an activating group) is 1. The maximum Gasteiger partial charge on any atom is 0.238 e. The Bertz CT molecular complexity index is 473. The van der Waals surface area contributed by atoms with Gasteiger partial charge < -0.3 is 10.0 Å². The Hall–Kier alpha value is -0.660. The molecule has 0 aromatic rings. The smallest absolute Gasteiger partial charge is 0.238 e. The molecule has 0 spiro atoms. The number of β-amino-alcohol motifs (C(OH)–C–C–N with tert-alkyl or cyclic N) is 1. The number of carbonyl (C=O) groups excluding carboxylic acids is 1. The van der Waals surface area contributed by atoms with Crippen molar-refractivity contribution < 1.29 is 18.3 Å². The van der Waals surface area contributed by atoms with E-state index in [1.54, 1.807) is 4.90 Å². The molecule has 1 aliphatic heterocycles. The summed E-state index contributed by atoms with van der Waals surface area (Å²) < 4.78 is 23.9. The Labute approximate surface area is 127 Å². The van der Waals surface area contributed by atoms with Gasteiger partial charge in [-0.1, -0.05) is 19.3 Å². The molecular weight excluding hydrogens is 292 g/mol. The molecule has 1 heterocycles. The first-order chi connectivity index (χ1) is 9.79. The highest BCUT2D eigenvalue weighted by atomic mass is 32.2. The zero-order valence-electron chi connectivity index (χ0n) is 12.9. The van der Waals surface area contributed by atoms with E-state index in [1.807, 2.05) is 0 Å². The third-order valence-corrected chi connectivity index (χ3v) is 6.02. The second kappa shape index (κ2) is 6.62. The van der Waals surface area contributed by atoms with E-state index in [2.05, 4.69) is 0 Å². The zero-order valence-corrected chi connectivity index (χ0v) is 13.7. The summed E-state index contributed by atoms with van der Waals surface area (Å²) in [6.45, 7) is 0.187. The van der Waals surface area contributed by atoms with Crippen molar-refractivity contribution in [2.45, 2.75) is 50.7 Å². The van der Waals surface area contributed by atoms with Crippen LogP contribution < -0.4 is 0 Å². The zero-order chi connectivity index (χ0) is 15.6. The van der Waals surface area contributed by atoms with Crippen molar-refractivity contribution >= 4 is 15.9 Å². The number of hydrogen-bond donors (Lipinski definition) is 1. The van der Waals surface area contributed by atoms with Crippen molar-refractivity contribution in [2.75, 3.05) is 26.4 Å². The van der Waals surface area contributed by atoms with Crippen molar-refractivity contribution in [3.63, 3.8) is 0 Å². The topological polar surface area (TPSA) is 77.9 Å². The third kappa shape index (κ3) is 4.17. The molecule has 0 aromatic heterocycles. The molecule has 2 atom stereocenters. The number of hydrogen-bond acceptors (Lipinski definition) is 4. The first kappa shape index (κ1) is 16.7. The minimum absolute atomic E-state index is 0.0701. The van der Waals surface area contributed by atoms with Gasteiger partial charge in [-0.2, -0.15) is 4.31 Å². The van der Waals surface area contributed by atoms with Crippen molar-refractivity contribution in [1.29, 1.82) is 0 Å². The molecule has 0 aromatic carbocycles. The standard InChI is InChI=1S/C14H26N2O4S/c1-15(21(2,19)20)10-14(18)16-9-12(17)8-13(16)11-6-4-3-5-7-11/h11-13,17H,3-10H2,1-2H3. The lowest BCUT2D eigenvalue weighted by atomic mass is 9.82. The molecule has 0 bridgehead atoms. The molecule has 122 valence electrons. The summed E-state index contributed by atoms with van der Waals surface area (Å²) in [5.41, 5.74) is 0. The van der Waals surface area contributed by atoms with Crippen molar-refractivity contribution in [2.24, 2.45) is 5.92 Å². The van der Waals surface area contributed by atoms with E-state index in [4.69, 9.17) is 0 Å². The summed E-state index contributed by atoms with van der Waals surface area (Å²) in [7, 11) is -1.95. The molecule has 6 nitrogen and oxygen atoms in total. The van der Waals surface area contributed by atoms with Gasteiger partial charge in [0.1, 0.15) is 0 Å². The SMILES string of the molecule is CN(CC(=O)N1CC(O)CC1C1CCCCC1)S(C)(=O)=O. The number of sulfonamides is 1. The highest BCUT2D eigenvalue weighted by Crippen LogP contribution is 2.34. The fourth-order valence-corrected chi connectivity index (χ4v) is 3.84. The van der Waals surface area contributed by atoms with E-state index in [0.29, 0.717) is 18.9 Å². The van der Waals surface area contributed by atoms with Crippen LogP contribution in [0.3, 0.4) is 0 Å². The number of aliphatic hydroxyl groups excluding tert-OH is 1. The van der Waals surface area contributed by atoms with E-state index in [1.165, 1.54) is 26.3 Å². The van der Waals surface area contributed by atoms with Crippen LogP contribution in [0.1, 0.15) is 38.5 Å². The lowest BCUT2D eigenvalue weighted by molar-refractivity contribution is -0.133. The Kier molecular flexibility index (Phi) is 5.27. The maximum atomic E-state index is 12.4. The van der Waals surface area contributed by atoms with Crippen LogP contribution in [0.2, 0.25) is 0 Å². The quantitative estimate of drug-likeness (QED) is 0.815. The van der Waals surface area contributed by atoms with Crippen LogP contribution in [-0.4, -0.2) is 67.2 Å². The second-order valence-corrected chi connectivity index (χ2v) is 8.51. The number of amides is 1. The van der Waals surface area contributed by atoms with Gasteiger partial charge in [0.2, 0.25) is 15.9 Å². The molecule has 1 N–H and O–H groups in total. The molecule has 0 radical (unpaired) electrons. The average Bonchev–Trinajstić information content (AvgIpc) is 2.81. The summed E-state index contributed by atoms with van der Waals surface area (Å²) in [4.78, 5) is 14.1. The molecule has 1 aliphatic carbocycles. The normalized spacial score (nSPS) is 28.3. The van der Waals surface area contributed by atoms with Gasteiger partial charge in [-0.15, -0.1) is 0 Å². The fourth-order valence-electron chi connectivity index (χ4n) is 3.49. The van der Waals surface area contributed by atoms with E-state index < -0.39 is 16.1 Å². The predicted molar refractivity (Wildman–Crippen MR) is 80.2 cm³/mol. The maximum absolute atomic E-state index is 12.4. The number of carbonyl (C=O) groups is 1. The van der Waals surface area contributed by atoms with Crippen molar-refractivity contribution in [1.82, 2.24) is 9.21 Å². The molecule has 1 amide bonds. The lowest BCUT2D eigenvalue weighted by Gasteiger charge is -2.34. The predicted octanol–water partition coefficient (Wildman–Crippen LogP) is 0.420. The van der Waals surface area contributed by atoms with Gasteiger partial charge in [-0.25, -0.2) is 8.42 Å². The monoisotopic (exact) mass is 318 g/mol. The first-order valence-electron chi connectivity index (χ1n) is 7.68. The van der Waals surface area contributed by atoms with Gasteiger partial charge in [0, 0.05) is 19.6 Å². The highest BCUT2D eigenvalue weighted by molar-refractivity contribution is 7.88. The third-order valence-electron chi connectivity index (χ3n) is 4.76. The molecule has 2 aliphatic rings. The molecular formula is C14H26N2O4S. The van der Waals surface area contributed by atoms with Gasteiger partial charge >= 0.3 is 0 Å². The molecule has 2 rings (SSSR count). The van der Waals surface area contributed by atoms with Crippen molar-refractivity contribution in [3.05, 3.63) is 0 Å². The minimum atomic E-state index is -3.36. The molecule has 1 saturated carbocycles.